The summed E-state index contributed by atoms with van der Waals surface area (Å²) in [7, 11) is 0. The van der Waals surface area contributed by atoms with E-state index in [9.17, 15) is 5.11 Å². The molecule has 1 heterocycles. The molecule has 16 heavy (non-hydrogen) atoms. The zero-order chi connectivity index (χ0) is 11.7. The second-order valence-electron chi connectivity index (χ2n) is 3.21. The van der Waals surface area contributed by atoms with E-state index in [1.807, 2.05) is 11.4 Å². The predicted octanol–water partition coefficient (Wildman–Crippen LogP) is 4.90. The molecule has 1 atom stereocenters. The highest BCUT2D eigenvalue weighted by Crippen LogP contribution is 2.36. The topological polar surface area (TPSA) is 20.2 Å². The van der Waals surface area contributed by atoms with Crippen molar-refractivity contribution in [1.82, 2.24) is 0 Å². The molecule has 0 aliphatic carbocycles. The largest absolute Gasteiger partial charge is 0.383 e. The second kappa shape index (κ2) is 5.07. The van der Waals surface area contributed by atoms with E-state index < -0.39 is 6.10 Å². The highest BCUT2D eigenvalue weighted by molar-refractivity contribution is 9.10. The van der Waals surface area contributed by atoms with Crippen molar-refractivity contribution in [2.24, 2.45) is 0 Å². The maximum atomic E-state index is 10.2. The lowest BCUT2D eigenvalue weighted by atomic mass is 10.1. The van der Waals surface area contributed by atoms with Crippen molar-refractivity contribution in [2.75, 3.05) is 0 Å². The number of halogens is 3. The third-order valence-corrected chi connectivity index (χ3v) is 4.71. The molecule has 0 fully saturated rings. The van der Waals surface area contributed by atoms with Crippen LogP contribution in [0.15, 0.2) is 34.1 Å². The Labute approximate surface area is 116 Å². The first kappa shape index (κ1) is 12.4. The average molecular weight is 338 g/mol. The van der Waals surface area contributed by atoms with Crippen LogP contribution in [0.1, 0.15) is 16.5 Å². The Morgan fingerprint density at radius 2 is 2.06 bits per heavy atom. The zero-order valence-electron chi connectivity index (χ0n) is 7.95. The normalized spacial score (nSPS) is 12.8. The number of hydrogen-bond donors (Lipinski definition) is 1. The standard InChI is InChI=1S/C11H7BrCl2OS/c12-6-4-9(16-5-6)11(15)7-2-1-3-8(13)10(7)14/h1-5,11,15H. The van der Waals surface area contributed by atoms with Gasteiger partial charge in [-0.15, -0.1) is 11.3 Å². The maximum Gasteiger partial charge on any atom is 0.115 e. The second-order valence-corrected chi connectivity index (χ2v) is 5.86. The molecule has 0 saturated carbocycles. The fourth-order valence-corrected chi connectivity index (χ4v) is 3.21. The molecule has 1 unspecified atom stereocenters. The molecule has 0 saturated heterocycles. The van der Waals surface area contributed by atoms with Gasteiger partial charge in [0.05, 0.1) is 10.0 Å². The van der Waals surface area contributed by atoms with Gasteiger partial charge in [-0.25, -0.2) is 0 Å². The van der Waals surface area contributed by atoms with Crippen molar-refractivity contribution in [1.29, 1.82) is 0 Å². The quantitative estimate of drug-likeness (QED) is 0.826. The molecule has 0 spiro atoms. The average Bonchev–Trinajstić information content (AvgIpc) is 2.68. The molecule has 2 aromatic rings. The minimum Gasteiger partial charge on any atom is -0.383 e. The van der Waals surface area contributed by atoms with Gasteiger partial charge in [0.25, 0.3) is 0 Å². The van der Waals surface area contributed by atoms with Gasteiger partial charge in [0.1, 0.15) is 6.10 Å². The molecular weight excluding hydrogens is 331 g/mol. The van der Waals surface area contributed by atoms with Gasteiger partial charge in [0, 0.05) is 20.3 Å². The molecule has 5 heteroatoms. The molecule has 0 bridgehead atoms. The van der Waals surface area contributed by atoms with Crippen LogP contribution in [-0.4, -0.2) is 5.11 Å². The van der Waals surface area contributed by atoms with Crippen molar-refractivity contribution in [2.45, 2.75) is 6.10 Å². The smallest absolute Gasteiger partial charge is 0.115 e. The summed E-state index contributed by atoms with van der Waals surface area (Å²) in [6.07, 6.45) is -0.734. The Kier molecular flexibility index (Phi) is 3.93. The van der Waals surface area contributed by atoms with E-state index in [1.165, 1.54) is 11.3 Å². The Hall–Kier alpha value is -0.0600. The van der Waals surface area contributed by atoms with Crippen molar-refractivity contribution in [3.05, 3.63) is 54.6 Å². The van der Waals surface area contributed by atoms with Gasteiger partial charge in [0.15, 0.2) is 0 Å². The number of hydrogen-bond acceptors (Lipinski definition) is 2. The highest BCUT2D eigenvalue weighted by atomic mass is 79.9. The summed E-state index contributed by atoms with van der Waals surface area (Å²) in [5, 5.41) is 12.9. The van der Waals surface area contributed by atoms with Crippen LogP contribution in [0.2, 0.25) is 10.0 Å². The third-order valence-electron chi connectivity index (χ3n) is 2.13. The summed E-state index contributed by atoms with van der Waals surface area (Å²) in [6.45, 7) is 0. The van der Waals surface area contributed by atoms with E-state index in [1.54, 1.807) is 18.2 Å². The molecule has 1 N–H and O–H groups in total. The summed E-state index contributed by atoms with van der Waals surface area (Å²) in [4.78, 5) is 0.830. The Balaban J connectivity index is 2.41. The van der Waals surface area contributed by atoms with Crippen LogP contribution in [-0.2, 0) is 0 Å². The fraction of sp³-hybridized carbons (Fsp3) is 0.0909. The van der Waals surface area contributed by atoms with Gasteiger partial charge in [-0.2, -0.15) is 0 Å². The fourth-order valence-electron chi connectivity index (χ4n) is 1.36. The minimum absolute atomic E-state index is 0.404. The minimum atomic E-state index is -0.734. The lowest BCUT2D eigenvalue weighted by Crippen LogP contribution is -1.98. The summed E-state index contributed by atoms with van der Waals surface area (Å²) in [6, 6.07) is 7.11. The van der Waals surface area contributed by atoms with Crippen molar-refractivity contribution in [3.63, 3.8) is 0 Å². The third kappa shape index (κ3) is 2.44. The SMILES string of the molecule is OC(c1cc(Br)cs1)c1cccc(Cl)c1Cl. The van der Waals surface area contributed by atoms with E-state index in [0.29, 0.717) is 15.6 Å². The van der Waals surface area contributed by atoms with E-state index in [-0.39, 0.29) is 0 Å². The van der Waals surface area contributed by atoms with Crippen LogP contribution in [0.25, 0.3) is 0 Å². The van der Waals surface area contributed by atoms with Crippen LogP contribution in [0.3, 0.4) is 0 Å². The van der Waals surface area contributed by atoms with Gasteiger partial charge >= 0.3 is 0 Å². The van der Waals surface area contributed by atoms with Crippen LogP contribution in [0.4, 0.5) is 0 Å². The molecule has 0 amide bonds. The van der Waals surface area contributed by atoms with Gasteiger partial charge < -0.3 is 5.11 Å². The van der Waals surface area contributed by atoms with E-state index in [2.05, 4.69) is 15.9 Å². The van der Waals surface area contributed by atoms with Crippen LogP contribution in [0, 0.1) is 0 Å². The lowest BCUT2D eigenvalue weighted by Gasteiger charge is -2.11. The maximum absolute atomic E-state index is 10.2. The molecule has 1 aromatic carbocycles. The van der Waals surface area contributed by atoms with Crippen LogP contribution < -0.4 is 0 Å². The Bertz CT molecular complexity index is 512. The molecule has 2 rings (SSSR count). The number of rotatable bonds is 2. The van der Waals surface area contributed by atoms with E-state index in [4.69, 9.17) is 23.2 Å². The van der Waals surface area contributed by atoms with Crippen LogP contribution in [0.5, 0.6) is 0 Å². The van der Waals surface area contributed by atoms with Gasteiger partial charge in [-0.3, -0.25) is 0 Å². The molecule has 0 radical (unpaired) electrons. The predicted molar refractivity (Wildman–Crippen MR) is 72.5 cm³/mol. The van der Waals surface area contributed by atoms with Gasteiger partial charge in [0.2, 0.25) is 0 Å². The van der Waals surface area contributed by atoms with Gasteiger partial charge in [-0.1, -0.05) is 35.3 Å². The van der Waals surface area contributed by atoms with Crippen molar-refractivity contribution in [3.8, 4) is 0 Å². The van der Waals surface area contributed by atoms with E-state index >= 15 is 0 Å². The molecule has 0 aliphatic rings. The molecule has 1 nitrogen and oxygen atoms in total. The first-order chi connectivity index (χ1) is 7.59. The first-order valence-electron chi connectivity index (χ1n) is 4.45. The van der Waals surface area contributed by atoms with Crippen LogP contribution >= 0.6 is 50.5 Å². The zero-order valence-corrected chi connectivity index (χ0v) is 11.9. The Morgan fingerprint density at radius 3 is 2.69 bits per heavy atom. The molecule has 84 valence electrons. The molecule has 1 aromatic heterocycles. The number of thiophene rings is 1. The molecular formula is C11H7BrCl2OS. The summed E-state index contributed by atoms with van der Waals surface area (Å²) in [5.74, 6) is 0. The Morgan fingerprint density at radius 1 is 1.31 bits per heavy atom. The van der Waals surface area contributed by atoms with Gasteiger partial charge in [-0.05, 0) is 28.1 Å². The molecule has 0 aliphatic heterocycles. The first-order valence-corrected chi connectivity index (χ1v) is 6.88. The summed E-state index contributed by atoms with van der Waals surface area (Å²) in [5.41, 5.74) is 0.628. The number of aliphatic hydroxyl groups excluding tert-OH is 1. The van der Waals surface area contributed by atoms with Crippen molar-refractivity contribution >= 4 is 50.5 Å². The summed E-state index contributed by atoms with van der Waals surface area (Å²) >= 11 is 16.8. The lowest BCUT2D eigenvalue weighted by molar-refractivity contribution is 0.224. The number of benzene rings is 1. The van der Waals surface area contributed by atoms with E-state index in [0.717, 1.165) is 9.35 Å². The summed E-state index contributed by atoms with van der Waals surface area (Å²) < 4.78 is 0.949. The highest BCUT2D eigenvalue weighted by Gasteiger charge is 2.16. The number of aliphatic hydroxyl groups is 1. The monoisotopic (exact) mass is 336 g/mol. The van der Waals surface area contributed by atoms with Crippen molar-refractivity contribution < 1.29 is 5.11 Å².